The second-order valence-electron chi connectivity index (χ2n) is 10.7. The van der Waals surface area contributed by atoms with E-state index in [2.05, 4.69) is 64.6 Å². The summed E-state index contributed by atoms with van der Waals surface area (Å²) in [5.41, 5.74) is 1.37. The van der Waals surface area contributed by atoms with Crippen LogP contribution in [0.4, 0.5) is 22.2 Å². The molecule has 1 heterocycles. The molecule has 0 saturated carbocycles. The Kier molecular flexibility index (Phi) is 11.4. The Balaban J connectivity index is 1.90. The molecule has 3 N–H and O–H groups in total. The van der Waals surface area contributed by atoms with Crippen molar-refractivity contribution in [2.45, 2.75) is 71.9 Å². The molecule has 0 saturated heterocycles. The molecule has 1 aromatic heterocycles. The van der Waals surface area contributed by atoms with Gasteiger partial charge in [-0.15, -0.1) is 0 Å². The van der Waals surface area contributed by atoms with Gasteiger partial charge < -0.3 is 25.6 Å². The summed E-state index contributed by atoms with van der Waals surface area (Å²) in [6.07, 6.45) is 3.93. The Morgan fingerprint density at radius 2 is 1.84 bits per heavy atom. The molecule has 0 atom stereocenters. The van der Waals surface area contributed by atoms with E-state index >= 15 is 0 Å². The van der Waals surface area contributed by atoms with Crippen molar-refractivity contribution in [3.8, 4) is 17.9 Å². The first-order chi connectivity index (χ1) is 17.9. The molecule has 0 aliphatic heterocycles. The first kappa shape index (κ1) is 30.4. The first-order valence-corrected chi connectivity index (χ1v) is 13.0. The Morgan fingerprint density at radius 3 is 2.47 bits per heavy atom. The lowest BCUT2D eigenvalue weighted by Crippen LogP contribution is -2.50. The minimum atomic E-state index is -0.514. The fourth-order valence-electron chi connectivity index (χ4n) is 3.48. The Labute approximate surface area is 227 Å². The maximum absolute atomic E-state index is 12.2. The third-order valence-electron chi connectivity index (χ3n) is 5.24. The van der Waals surface area contributed by atoms with E-state index in [9.17, 15) is 4.79 Å². The van der Waals surface area contributed by atoms with Gasteiger partial charge in [0.25, 0.3) is 0 Å². The van der Waals surface area contributed by atoms with E-state index < -0.39 is 5.60 Å². The fourth-order valence-corrected chi connectivity index (χ4v) is 3.48. The van der Waals surface area contributed by atoms with E-state index in [1.807, 2.05) is 32.9 Å². The molecule has 204 valence electrons. The van der Waals surface area contributed by atoms with Crippen LogP contribution in [-0.2, 0) is 4.74 Å². The highest BCUT2D eigenvalue weighted by Crippen LogP contribution is 2.18. The molecule has 0 spiro atoms. The van der Waals surface area contributed by atoms with Gasteiger partial charge in [-0.1, -0.05) is 18.8 Å². The number of rotatable bonds is 11. The number of ether oxygens (including phenoxy) is 1. The molecule has 2 rings (SSSR count). The van der Waals surface area contributed by atoms with Gasteiger partial charge in [0, 0.05) is 37.8 Å². The van der Waals surface area contributed by atoms with E-state index in [1.54, 1.807) is 30.3 Å². The van der Waals surface area contributed by atoms with Crippen molar-refractivity contribution in [3.63, 3.8) is 0 Å². The van der Waals surface area contributed by atoms with E-state index in [0.717, 1.165) is 37.2 Å². The number of nitrogens with one attached hydrogen (secondary N) is 3. The summed E-state index contributed by atoms with van der Waals surface area (Å²) in [6.45, 7) is 13.9. The van der Waals surface area contributed by atoms with Gasteiger partial charge in [-0.3, -0.25) is 0 Å². The minimum absolute atomic E-state index is 0.262. The number of carbonyl (C=O) groups excluding carboxylic acids is 1. The lowest BCUT2D eigenvalue weighted by Gasteiger charge is -2.32. The van der Waals surface area contributed by atoms with Crippen LogP contribution in [-0.4, -0.2) is 58.8 Å². The quantitative estimate of drug-likeness (QED) is 0.271. The van der Waals surface area contributed by atoms with Gasteiger partial charge in [-0.25, -0.2) is 9.78 Å². The number of carbonyl (C=O) groups is 1. The summed E-state index contributed by atoms with van der Waals surface area (Å²) < 4.78 is 5.44. The number of likely N-dealkylation sites (N-methyl/N-ethyl adjacent to an activating group) is 1. The van der Waals surface area contributed by atoms with Crippen molar-refractivity contribution in [1.29, 1.82) is 5.26 Å². The lowest BCUT2D eigenvalue weighted by molar-refractivity contribution is 0.0258. The van der Waals surface area contributed by atoms with Crippen LogP contribution in [0.2, 0.25) is 0 Å². The average molecular weight is 520 g/mol. The highest BCUT2D eigenvalue weighted by Gasteiger charge is 2.25. The number of amides is 1. The van der Waals surface area contributed by atoms with Crippen molar-refractivity contribution < 1.29 is 9.53 Å². The highest BCUT2D eigenvalue weighted by molar-refractivity contribution is 5.67. The first-order valence-electron chi connectivity index (χ1n) is 13.0. The predicted octanol–water partition coefficient (Wildman–Crippen LogP) is 5.28. The topological polar surface area (TPSA) is 115 Å². The fraction of sp³-hybridized carbons (Fsp3) is 0.517. The molecule has 0 radical (unpaired) electrons. The van der Waals surface area contributed by atoms with Crippen molar-refractivity contribution in [2.75, 3.05) is 37.3 Å². The summed E-state index contributed by atoms with van der Waals surface area (Å²) >= 11 is 0. The van der Waals surface area contributed by atoms with Crippen LogP contribution < -0.4 is 16.0 Å². The molecular weight excluding hydrogens is 478 g/mol. The van der Waals surface area contributed by atoms with Crippen LogP contribution in [0.5, 0.6) is 0 Å². The van der Waals surface area contributed by atoms with Crippen LogP contribution in [0.1, 0.15) is 71.9 Å². The number of benzene rings is 1. The smallest absolute Gasteiger partial charge is 0.410 e. The molecule has 0 fully saturated rings. The van der Waals surface area contributed by atoms with E-state index in [0.29, 0.717) is 30.3 Å². The molecule has 9 nitrogen and oxygen atoms in total. The standard InChI is InChI=1S/C29H41N7O2/c1-8-17-31-25-23(20-32-26(35-25)34-24-15-13-22(19-30)14-16-24)12-10-9-11-18-33-29(5,6)21-36(7)27(37)38-28(2,3)4/h13-16,20,33H,8-9,11,17-18,21H2,1-7H3,(H2,31,32,34,35). The molecule has 1 amide bonds. The summed E-state index contributed by atoms with van der Waals surface area (Å²) in [5, 5.41) is 19.0. The molecule has 38 heavy (non-hydrogen) atoms. The van der Waals surface area contributed by atoms with Crippen LogP contribution >= 0.6 is 0 Å². The van der Waals surface area contributed by atoms with Gasteiger partial charge in [0.05, 0.1) is 23.4 Å². The van der Waals surface area contributed by atoms with Crippen LogP contribution in [0, 0.1) is 23.2 Å². The summed E-state index contributed by atoms with van der Waals surface area (Å²) in [4.78, 5) is 22.9. The molecular formula is C29H41N7O2. The number of hydrogen-bond donors (Lipinski definition) is 3. The second-order valence-corrected chi connectivity index (χ2v) is 10.7. The molecule has 0 unspecified atom stereocenters. The summed E-state index contributed by atoms with van der Waals surface area (Å²) in [7, 11) is 1.75. The zero-order valence-electron chi connectivity index (χ0n) is 23.7. The normalized spacial score (nSPS) is 11.1. The van der Waals surface area contributed by atoms with Crippen LogP contribution in [0.25, 0.3) is 0 Å². The van der Waals surface area contributed by atoms with E-state index in [1.165, 1.54) is 0 Å². The SMILES string of the molecule is CCCNc1nc(Nc2ccc(C#N)cc2)ncc1C#CCCCNC(C)(C)CN(C)C(=O)OC(C)(C)C. The largest absolute Gasteiger partial charge is 0.444 e. The maximum atomic E-state index is 12.2. The number of hydrogen-bond acceptors (Lipinski definition) is 8. The van der Waals surface area contributed by atoms with E-state index in [-0.39, 0.29) is 11.6 Å². The predicted molar refractivity (Wildman–Crippen MR) is 152 cm³/mol. The Bertz CT molecular complexity index is 1150. The molecule has 0 aliphatic carbocycles. The monoisotopic (exact) mass is 519 g/mol. The van der Waals surface area contributed by atoms with Crippen molar-refractivity contribution >= 4 is 23.5 Å². The summed E-state index contributed by atoms with van der Waals surface area (Å²) in [5.74, 6) is 7.57. The van der Waals surface area contributed by atoms with Gasteiger partial charge in [-0.05, 0) is 78.3 Å². The minimum Gasteiger partial charge on any atom is -0.444 e. The van der Waals surface area contributed by atoms with Gasteiger partial charge in [0.1, 0.15) is 11.4 Å². The molecule has 2 aromatic rings. The molecule has 0 aliphatic rings. The Morgan fingerprint density at radius 1 is 1.13 bits per heavy atom. The molecule has 0 bridgehead atoms. The molecule has 1 aromatic carbocycles. The zero-order chi connectivity index (χ0) is 28.2. The van der Waals surface area contributed by atoms with Crippen molar-refractivity contribution in [1.82, 2.24) is 20.2 Å². The van der Waals surface area contributed by atoms with Crippen LogP contribution in [0.15, 0.2) is 30.5 Å². The van der Waals surface area contributed by atoms with Gasteiger partial charge in [0.2, 0.25) is 5.95 Å². The lowest BCUT2D eigenvalue weighted by atomic mass is 10.0. The number of nitrogens with zero attached hydrogens (tertiary/aromatic N) is 4. The van der Waals surface area contributed by atoms with Gasteiger partial charge in [-0.2, -0.15) is 10.2 Å². The van der Waals surface area contributed by atoms with Crippen molar-refractivity contribution in [3.05, 3.63) is 41.6 Å². The second kappa shape index (κ2) is 14.2. The van der Waals surface area contributed by atoms with Crippen molar-refractivity contribution in [2.24, 2.45) is 0 Å². The Hall–Kier alpha value is -3.82. The third-order valence-corrected chi connectivity index (χ3v) is 5.24. The third kappa shape index (κ3) is 11.1. The number of nitriles is 1. The molecule has 9 heteroatoms. The van der Waals surface area contributed by atoms with Gasteiger partial charge in [0.15, 0.2) is 0 Å². The highest BCUT2D eigenvalue weighted by atomic mass is 16.6. The van der Waals surface area contributed by atoms with Gasteiger partial charge >= 0.3 is 6.09 Å². The summed E-state index contributed by atoms with van der Waals surface area (Å²) in [6, 6.07) is 9.23. The number of anilines is 3. The van der Waals surface area contributed by atoms with E-state index in [4.69, 9.17) is 10.00 Å². The average Bonchev–Trinajstić information content (AvgIpc) is 2.84. The van der Waals surface area contributed by atoms with Crippen LogP contribution in [0.3, 0.4) is 0 Å². The maximum Gasteiger partial charge on any atom is 0.410 e. The number of unbranched alkanes of at least 4 members (excludes halogenated alkanes) is 1. The zero-order valence-corrected chi connectivity index (χ0v) is 23.7. The number of aromatic nitrogens is 2.